The minimum Gasteiger partial charge on any atom is -0.327 e. The van der Waals surface area contributed by atoms with Gasteiger partial charge in [0.2, 0.25) is 0 Å². The lowest BCUT2D eigenvalue weighted by Gasteiger charge is -2.19. The molecule has 1 aromatic rings. The quantitative estimate of drug-likeness (QED) is 0.805. The summed E-state index contributed by atoms with van der Waals surface area (Å²) >= 11 is 0. The summed E-state index contributed by atoms with van der Waals surface area (Å²) in [6, 6.07) is 9.25. The van der Waals surface area contributed by atoms with Crippen molar-refractivity contribution >= 4 is 0 Å². The van der Waals surface area contributed by atoms with Crippen molar-refractivity contribution < 1.29 is 0 Å². The molecule has 0 heterocycles. The molecule has 0 saturated heterocycles. The van der Waals surface area contributed by atoms with Crippen LogP contribution in [0, 0.1) is 11.8 Å². The average molecular weight is 217 g/mol. The molecule has 1 aliphatic rings. The molecule has 0 aromatic heterocycles. The van der Waals surface area contributed by atoms with Gasteiger partial charge in [-0.3, -0.25) is 0 Å². The second kappa shape index (κ2) is 5.01. The fraction of sp³-hybridized carbons (Fsp3) is 0.600. The van der Waals surface area contributed by atoms with Gasteiger partial charge in [0, 0.05) is 6.04 Å². The van der Waals surface area contributed by atoms with Crippen LogP contribution in [0.4, 0.5) is 0 Å². The van der Waals surface area contributed by atoms with Crippen LogP contribution < -0.4 is 5.73 Å². The molecule has 1 fully saturated rings. The summed E-state index contributed by atoms with van der Waals surface area (Å²) < 4.78 is 0. The van der Waals surface area contributed by atoms with E-state index in [2.05, 4.69) is 38.1 Å². The number of hydrogen-bond donors (Lipinski definition) is 1. The van der Waals surface area contributed by atoms with E-state index < -0.39 is 0 Å². The number of hydrogen-bond acceptors (Lipinski definition) is 1. The molecule has 2 atom stereocenters. The lowest BCUT2D eigenvalue weighted by Crippen LogP contribution is -2.31. The van der Waals surface area contributed by atoms with Gasteiger partial charge in [-0.2, -0.15) is 0 Å². The van der Waals surface area contributed by atoms with Crippen LogP contribution in [0.5, 0.6) is 0 Å². The zero-order valence-corrected chi connectivity index (χ0v) is 10.4. The highest BCUT2D eigenvalue weighted by Gasteiger charge is 2.31. The highest BCUT2D eigenvalue weighted by atomic mass is 14.7. The van der Waals surface area contributed by atoms with Crippen LogP contribution in [0.25, 0.3) is 0 Å². The predicted molar refractivity (Wildman–Crippen MR) is 69.4 cm³/mol. The van der Waals surface area contributed by atoms with Crippen molar-refractivity contribution in [1.29, 1.82) is 0 Å². The van der Waals surface area contributed by atoms with Crippen LogP contribution in [-0.2, 0) is 12.8 Å². The molecule has 88 valence electrons. The zero-order valence-electron chi connectivity index (χ0n) is 10.4. The van der Waals surface area contributed by atoms with Crippen molar-refractivity contribution in [1.82, 2.24) is 0 Å². The van der Waals surface area contributed by atoms with E-state index in [1.807, 2.05) is 0 Å². The Hall–Kier alpha value is -0.820. The molecule has 2 N–H and O–H groups in total. The molecule has 1 heteroatoms. The fourth-order valence-corrected chi connectivity index (χ4v) is 2.34. The first kappa shape index (κ1) is 11.7. The highest BCUT2D eigenvalue weighted by molar-refractivity contribution is 5.23. The molecule has 2 rings (SSSR count). The van der Waals surface area contributed by atoms with Crippen molar-refractivity contribution in [3.8, 4) is 0 Å². The summed E-state index contributed by atoms with van der Waals surface area (Å²) in [5.74, 6) is 1.59. The van der Waals surface area contributed by atoms with Crippen molar-refractivity contribution in [3.05, 3.63) is 35.4 Å². The lowest BCUT2D eigenvalue weighted by atomic mass is 9.92. The molecule has 0 aliphatic heterocycles. The predicted octanol–water partition coefficient (Wildman–Crippen LogP) is 3.16. The van der Waals surface area contributed by atoms with Gasteiger partial charge >= 0.3 is 0 Å². The van der Waals surface area contributed by atoms with Crippen LogP contribution in [0.2, 0.25) is 0 Å². The van der Waals surface area contributed by atoms with E-state index in [9.17, 15) is 0 Å². The Kier molecular flexibility index (Phi) is 3.65. The molecule has 0 radical (unpaired) electrons. The van der Waals surface area contributed by atoms with Gasteiger partial charge in [0.1, 0.15) is 0 Å². The van der Waals surface area contributed by atoms with Crippen molar-refractivity contribution in [2.45, 2.75) is 45.6 Å². The van der Waals surface area contributed by atoms with Crippen LogP contribution in [0.3, 0.4) is 0 Å². The Morgan fingerprint density at radius 2 is 1.75 bits per heavy atom. The third-order valence-corrected chi connectivity index (χ3v) is 3.94. The van der Waals surface area contributed by atoms with E-state index >= 15 is 0 Å². The van der Waals surface area contributed by atoms with E-state index in [-0.39, 0.29) is 0 Å². The zero-order chi connectivity index (χ0) is 11.5. The van der Waals surface area contributed by atoms with Crippen LogP contribution in [0.15, 0.2) is 24.3 Å². The Labute approximate surface area is 99.0 Å². The Bertz CT molecular complexity index is 324. The standard InChI is InChI=1S/C15H23N/c1-3-12-4-6-13(7-5-12)10-15(16)11(2)14-8-9-14/h4-7,11,14-15H,3,8-10,16H2,1-2H3. The Morgan fingerprint density at radius 1 is 1.19 bits per heavy atom. The van der Waals surface area contributed by atoms with Crippen molar-refractivity contribution in [3.63, 3.8) is 0 Å². The van der Waals surface area contributed by atoms with Crippen LogP contribution in [0.1, 0.15) is 37.8 Å². The second-order valence-corrected chi connectivity index (χ2v) is 5.23. The summed E-state index contributed by atoms with van der Waals surface area (Å²) in [6.07, 6.45) is 4.93. The molecule has 1 saturated carbocycles. The molecule has 16 heavy (non-hydrogen) atoms. The average Bonchev–Trinajstić information content (AvgIpc) is 3.13. The summed E-state index contributed by atoms with van der Waals surface area (Å²) in [5, 5.41) is 0. The summed E-state index contributed by atoms with van der Waals surface area (Å²) in [5.41, 5.74) is 9.06. The highest BCUT2D eigenvalue weighted by Crippen LogP contribution is 2.38. The number of benzene rings is 1. The van der Waals surface area contributed by atoms with E-state index in [4.69, 9.17) is 5.73 Å². The monoisotopic (exact) mass is 217 g/mol. The van der Waals surface area contributed by atoms with E-state index in [0.717, 1.165) is 18.8 Å². The van der Waals surface area contributed by atoms with Gasteiger partial charge in [-0.05, 0) is 48.6 Å². The molecule has 0 spiro atoms. The largest absolute Gasteiger partial charge is 0.327 e. The molecule has 1 aromatic carbocycles. The third-order valence-electron chi connectivity index (χ3n) is 3.94. The third kappa shape index (κ3) is 2.85. The molecule has 1 aliphatic carbocycles. The lowest BCUT2D eigenvalue weighted by molar-refractivity contribution is 0.404. The minimum atomic E-state index is 0.333. The van der Waals surface area contributed by atoms with E-state index in [1.54, 1.807) is 0 Å². The first-order valence-corrected chi connectivity index (χ1v) is 6.54. The first-order chi connectivity index (χ1) is 7.70. The van der Waals surface area contributed by atoms with Gasteiger partial charge in [-0.25, -0.2) is 0 Å². The maximum Gasteiger partial charge on any atom is 0.0108 e. The van der Waals surface area contributed by atoms with Gasteiger partial charge in [0.15, 0.2) is 0 Å². The molecule has 2 unspecified atom stereocenters. The van der Waals surface area contributed by atoms with E-state index in [0.29, 0.717) is 12.0 Å². The smallest absolute Gasteiger partial charge is 0.0108 e. The molecular weight excluding hydrogens is 194 g/mol. The Balaban J connectivity index is 1.91. The normalized spacial score (nSPS) is 19.4. The maximum atomic E-state index is 6.26. The molecule has 0 bridgehead atoms. The van der Waals surface area contributed by atoms with Gasteiger partial charge in [-0.1, -0.05) is 38.1 Å². The van der Waals surface area contributed by atoms with Gasteiger partial charge in [0.05, 0.1) is 0 Å². The number of rotatable bonds is 5. The summed E-state index contributed by atoms with van der Waals surface area (Å²) in [4.78, 5) is 0. The maximum absolute atomic E-state index is 6.26. The van der Waals surface area contributed by atoms with Crippen LogP contribution in [-0.4, -0.2) is 6.04 Å². The van der Waals surface area contributed by atoms with Gasteiger partial charge in [-0.15, -0.1) is 0 Å². The summed E-state index contributed by atoms with van der Waals surface area (Å²) in [6.45, 7) is 4.50. The fourth-order valence-electron chi connectivity index (χ4n) is 2.34. The van der Waals surface area contributed by atoms with Crippen LogP contribution >= 0.6 is 0 Å². The summed E-state index contributed by atoms with van der Waals surface area (Å²) in [7, 11) is 0. The molecular formula is C15H23N. The first-order valence-electron chi connectivity index (χ1n) is 6.54. The van der Waals surface area contributed by atoms with Gasteiger partial charge < -0.3 is 5.73 Å². The number of aryl methyl sites for hydroxylation is 1. The van der Waals surface area contributed by atoms with Crippen molar-refractivity contribution in [2.75, 3.05) is 0 Å². The molecule has 0 amide bonds. The Morgan fingerprint density at radius 3 is 2.25 bits per heavy atom. The topological polar surface area (TPSA) is 26.0 Å². The molecule has 1 nitrogen and oxygen atoms in total. The number of nitrogens with two attached hydrogens (primary N) is 1. The van der Waals surface area contributed by atoms with Gasteiger partial charge in [0.25, 0.3) is 0 Å². The minimum absolute atomic E-state index is 0.333. The SMILES string of the molecule is CCc1ccc(CC(N)C(C)C2CC2)cc1. The second-order valence-electron chi connectivity index (χ2n) is 5.23. The van der Waals surface area contributed by atoms with E-state index in [1.165, 1.54) is 24.0 Å². The van der Waals surface area contributed by atoms with Crippen molar-refractivity contribution in [2.24, 2.45) is 17.6 Å².